The monoisotopic (exact) mass is 194 g/mol. The van der Waals surface area contributed by atoms with E-state index in [-0.39, 0.29) is 11.9 Å². The standard InChI is InChI=1S/C10H14N2O2/c1-8(11)7-12-10(13)5-4-9-3-2-6-14-9/h2-6,8H,7,11H2,1H3,(H,12,13). The van der Waals surface area contributed by atoms with Crippen LogP contribution in [-0.2, 0) is 4.79 Å². The van der Waals surface area contributed by atoms with E-state index in [0.29, 0.717) is 12.3 Å². The van der Waals surface area contributed by atoms with E-state index >= 15 is 0 Å². The van der Waals surface area contributed by atoms with Crippen molar-refractivity contribution < 1.29 is 9.21 Å². The van der Waals surface area contributed by atoms with E-state index < -0.39 is 0 Å². The van der Waals surface area contributed by atoms with Crippen LogP contribution < -0.4 is 11.1 Å². The molecule has 14 heavy (non-hydrogen) atoms. The largest absolute Gasteiger partial charge is 0.465 e. The maximum Gasteiger partial charge on any atom is 0.244 e. The van der Waals surface area contributed by atoms with E-state index in [1.54, 1.807) is 24.5 Å². The molecule has 0 fully saturated rings. The van der Waals surface area contributed by atoms with Crippen molar-refractivity contribution in [2.45, 2.75) is 13.0 Å². The molecular formula is C10H14N2O2. The Morgan fingerprint density at radius 2 is 2.57 bits per heavy atom. The molecule has 1 amide bonds. The molecule has 0 bridgehead atoms. The van der Waals surface area contributed by atoms with Gasteiger partial charge in [0.25, 0.3) is 0 Å². The van der Waals surface area contributed by atoms with Crippen LogP contribution in [0.3, 0.4) is 0 Å². The topological polar surface area (TPSA) is 68.3 Å². The van der Waals surface area contributed by atoms with Crippen molar-refractivity contribution in [3.8, 4) is 0 Å². The van der Waals surface area contributed by atoms with Crippen LogP contribution in [0.1, 0.15) is 12.7 Å². The predicted octanol–water partition coefficient (Wildman–Crippen LogP) is 0.756. The highest BCUT2D eigenvalue weighted by Gasteiger charge is 1.97. The van der Waals surface area contributed by atoms with Crippen LogP contribution in [0.2, 0.25) is 0 Å². The van der Waals surface area contributed by atoms with Gasteiger partial charge in [-0.1, -0.05) is 0 Å². The van der Waals surface area contributed by atoms with Gasteiger partial charge in [0, 0.05) is 18.7 Å². The van der Waals surface area contributed by atoms with Crippen LogP contribution in [0, 0.1) is 0 Å². The van der Waals surface area contributed by atoms with Crippen LogP contribution in [0.15, 0.2) is 28.9 Å². The van der Waals surface area contributed by atoms with Crippen LogP contribution in [0.4, 0.5) is 0 Å². The number of hydrogen-bond donors (Lipinski definition) is 2. The molecule has 0 aromatic carbocycles. The molecule has 4 heteroatoms. The molecule has 0 spiro atoms. The molecule has 1 unspecified atom stereocenters. The summed E-state index contributed by atoms with van der Waals surface area (Å²) in [5.41, 5.74) is 5.47. The Morgan fingerprint density at radius 1 is 1.79 bits per heavy atom. The van der Waals surface area contributed by atoms with Crippen molar-refractivity contribution in [1.82, 2.24) is 5.32 Å². The van der Waals surface area contributed by atoms with Crippen molar-refractivity contribution in [1.29, 1.82) is 0 Å². The van der Waals surface area contributed by atoms with Gasteiger partial charge in [-0.2, -0.15) is 0 Å². The second kappa shape index (κ2) is 5.24. The first-order chi connectivity index (χ1) is 6.68. The van der Waals surface area contributed by atoms with E-state index in [0.717, 1.165) is 0 Å². The Kier molecular flexibility index (Phi) is 3.94. The third kappa shape index (κ3) is 3.91. The SMILES string of the molecule is CC(N)CNC(=O)C=Cc1ccco1. The number of carbonyl (C=O) groups excluding carboxylic acids is 1. The highest BCUT2D eigenvalue weighted by molar-refractivity contribution is 5.91. The van der Waals surface area contributed by atoms with E-state index in [1.165, 1.54) is 6.08 Å². The lowest BCUT2D eigenvalue weighted by Gasteiger charge is -2.04. The average Bonchev–Trinajstić information content (AvgIpc) is 2.63. The Balaban J connectivity index is 2.34. The minimum Gasteiger partial charge on any atom is -0.465 e. The van der Waals surface area contributed by atoms with Crippen LogP contribution >= 0.6 is 0 Å². The summed E-state index contributed by atoms with van der Waals surface area (Å²) in [6, 6.07) is 3.51. The summed E-state index contributed by atoms with van der Waals surface area (Å²) >= 11 is 0. The van der Waals surface area contributed by atoms with Gasteiger partial charge in [-0.15, -0.1) is 0 Å². The third-order valence-corrected chi connectivity index (χ3v) is 1.54. The predicted molar refractivity (Wildman–Crippen MR) is 54.4 cm³/mol. The molecule has 1 heterocycles. The van der Waals surface area contributed by atoms with Crippen molar-refractivity contribution in [3.05, 3.63) is 30.2 Å². The summed E-state index contributed by atoms with van der Waals surface area (Å²) in [7, 11) is 0. The van der Waals surface area contributed by atoms with Crippen LogP contribution in [0.5, 0.6) is 0 Å². The summed E-state index contributed by atoms with van der Waals surface area (Å²) < 4.78 is 5.02. The number of carbonyl (C=O) groups is 1. The number of hydrogen-bond acceptors (Lipinski definition) is 3. The lowest BCUT2D eigenvalue weighted by atomic mass is 10.3. The van der Waals surface area contributed by atoms with Crippen LogP contribution in [0.25, 0.3) is 6.08 Å². The first-order valence-electron chi connectivity index (χ1n) is 4.43. The van der Waals surface area contributed by atoms with Gasteiger partial charge in [0.2, 0.25) is 5.91 Å². The molecule has 0 saturated heterocycles. The number of furan rings is 1. The first kappa shape index (κ1) is 10.5. The van der Waals surface area contributed by atoms with Gasteiger partial charge in [-0.25, -0.2) is 0 Å². The molecule has 1 aromatic rings. The Bertz CT molecular complexity index is 302. The Labute approximate surface area is 82.8 Å². The number of nitrogens with two attached hydrogens (primary N) is 1. The second-order valence-corrected chi connectivity index (χ2v) is 3.07. The molecule has 1 rings (SSSR count). The lowest BCUT2D eigenvalue weighted by Crippen LogP contribution is -2.34. The fourth-order valence-corrected chi connectivity index (χ4v) is 0.864. The maximum absolute atomic E-state index is 11.1. The molecular weight excluding hydrogens is 180 g/mol. The second-order valence-electron chi connectivity index (χ2n) is 3.07. The van der Waals surface area contributed by atoms with Crippen molar-refractivity contribution in [2.24, 2.45) is 5.73 Å². The van der Waals surface area contributed by atoms with Crippen LogP contribution in [-0.4, -0.2) is 18.5 Å². The normalized spacial score (nSPS) is 13.0. The average molecular weight is 194 g/mol. The first-order valence-corrected chi connectivity index (χ1v) is 4.43. The third-order valence-electron chi connectivity index (χ3n) is 1.54. The molecule has 0 saturated carbocycles. The van der Waals surface area contributed by atoms with Gasteiger partial charge in [0.15, 0.2) is 0 Å². The Hall–Kier alpha value is -1.55. The summed E-state index contributed by atoms with van der Waals surface area (Å²) in [5, 5.41) is 2.65. The summed E-state index contributed by atoms with van der Waals surface area (Å²) in [6.07, 6.45) is 4.58. The zero-order valence-electron chi connectivity index (χ0n) is 8.07. The van der Waals surface area contributed by atoms with Crippen molar-refractivity contribution >= 4 is 12.0 Å². The van der Waals surface area contributed by atoms with Crippen molar-refractivity contribution in [3.63, 3.8) is 0 Å². The summed E-state index contributed by atoms with van der Waals surface area (Å²) in [6.45, 7) is 2.30. The molecule has 0 aliphatic carbocycles. The zero-order chi connectivity index (χ0) is 10.4. The number of rotatable bonds is 4. The van der Waals surface area contributed by atoms with Gasteiger partial charge < -0.3 is 15.5 Å². The van der Waals surface area contributed by atoms with Gasteiger partial charge in [-0.3, -0.25) is 4.79 Å². The molecule has 3 N–H and O–H groups in total. The van der Waals surface area contributed by atoms with E-state index in [4.69, 9.17) is 10.2 Å². The van der Waals surface area contributed by atoms with E-state index in [1.807, 2.05) is 6.92 Å². The molecule has 0 radical (unpaired) electrons. The maximum atomic E-state index is 11.1. The van der Waals surface area contributed by atoms with E-state index in [9.17, 15) is 4.79 Å². The molecule has 0 aliphatic rings. The number of nitrogens with one attached hydrogen (secondary N) is 1. The quantitative estimate of drug-likeness (QED) is 0.695. The minimum atomic E-state index is -0.168. The fourth-order valence-electron chi connectivity index (χ4n) is 0.864. The van der Waals surface area contributed by atoms with Gasteiger partial charge in [0.1, 0.15) is 5.76 Å². The van der Waals surface area contributed by atoms with Gasteiger partial charge in [-0.05, 0) is 25.1 Å². The summed E-state index contributed by atoms with van der Waals surface area (Å²) in [5.74, 6) is 0.486. The number of amides is 1. The minimum absolute atomic E-state index is 0.0315. The van der Waals surface area contributed by atoms with Gasteiger partial charge in [0.05, 0.1) is 6.26 Å². The molecule has 76 valence electrons. The molecule has 4 nitrogen and oxygen atoms in total. The van der Waals surface area contributed by atoms with Gasteiger partial charge >= 0.3 is 0 Å². The smallest absolute Gasteiger partial charge is 0.244 e. The highest BCUT2D eigenvalue weighted by atomic mass is 16.3. The zero-order valence-corrected chi connectivity index (χ0v) is 8.07. The fraction of sp³-hybridized carbons (Fsp3) is 0.300. The molecule has 1 atom stereocenters. The van der Waals surface area contributed by atoms with Crippen molar-refractivity contribution in [2.75, 3.05) is 6.54 Å². The Morgan fingerprint density at radius 3 is 3.14 bits per heavy atom. The summed E-state index contributed by atoms with van der Waals surface area (Å²) in [4.78, 5) is 11.1. The molecule has 1 aromatic heterocycles. The van der Waals surface area contributed by atoms with E-state index in [2.05, 4.69) is 5.32 Å². The molecule has 0 aliphatic heterocycles. The highest BCUT2D eigenvalue weighted by Crippen LogP contribution is 2.01. The lowest BCUT2D eigenvalue weighted by molar-refractivity contribution is -0.116.